The fourth-order valence-corrected chi connectivity index (χ4v) is 5.51. The van der Waals surface area contributed by atoms with E-state index in [1.807, 2.05) is 60.5 Å². The molecule has 2 atom stereocenters. The van der Waals surface area contributed by atoms with E-state index in [9.17, 15) is 14.4 Å². The number of likely N-dealkylation sites (tertiary alicyclic amines) is 1. The van der Waals surface area contributed by atoms with Gasteiger partial charge in [0.1, 0.15) is 6.04 Å². The first-order chi connectivity index (χ1) is 18.9. The number of hydrogen-bond donors (Lipinski definition) is 2. The van der Waals surface area contributed by atoms with E-state index in [1.54, 1.807) is 11.8 Å². The molecule has 2 N–H and O–H groups in total. The molecule has 0 spiro atoms. The van der Waals surface area contributed by atoms with Crippen molar-refractivity contribution >= 4 is 29.5 Å². The van der Waals surface area contributed by atoms with Gasteiger partial charge in [-0.05, 0) is 85.4 Å². The van der Waals surface area contributed by atoms with Gasteiger partial charge in [0, 0.05) is 25.2 Å². The number of nitrogens with one attached hydrogen (secondary N) is 2. The van der Waals surface area contributed by atoms with E-state index in [0.29, 0.717) is 18.5 Å². The smallest absolute Gasteiger partial charge is 0.328 e. The molecule has 0 bridgehead atoms. The Kier molecular flexibility index (Phi) is 12.3. The third kappa shape index (κ3) is 8.57. The molecule has 0 saturated carbocycles. The van der Waals surface area contributed by atoms with E-state index in [4.69, 9.17) is 4.74 Å². The molecule has 1 aliphatic heterocycles. The molecule has 39 heavy (non-hydrogen) atoms. The third-order valence-electron chi connectivity index (χ3n) is 7.26. The topological polar surface area (TPSA) is 87.7 Å². The Morgan fingerprint density at radius 3 is 2.41 bits per heavy atom. The number of hydrogen-bond acceptors (Lipinski definition) is 6. The zero-order valence-electron chi connectivity index (χ0n) is 23.8. The van der Waals surface area contributed by atoms with Gasteiger partial charge in [0.25, 0.3) is 5.91 Å². The van der Waals surface area contributed by atoms with E-state index in [0.717, 1.165) is 66.8 Å². The summed E-state index contributed by atoms with van der Waals surface area (Å²) < 4.78 is 4.93. The number of ether oxygens (including phenoxy) is 1. The van der Waals surface area contributed by atoms with Gasteiger partial charge in [-0.15, -0.1) is 0 Å². The van der Waals surface area contributed by atoms with Crippen molar-refractivity contribution in [3.8, 4) is 11.1 Å². The first-order valence-electron chi connectivity index (χ1n) is 14.0. The predicted molar refractivity (Wildman–Crippen MR) is 159 cm³/mol. The van der Waals surface area contributed by atoms with Crippen molar-refractivity contribution in [3.05, 3.63) is 59.2 Å². The number of carbonyl (C=O) groups excluding carboxylic acids is 3. The normalized spacial score (nSPS) is 14.9. The third-order valence-corrected chi connectivity index (χ3v) is 7.91. The standard InChI is InChI=1S/C31H43N3O4S/c1-5-11-27(30(36)34-17-9-6-10-18-34)32-21-23-14-15-25(26(20-23)24-13-8-7-12-22(24)2)29(35)33-28(16-19-39-4)31(37)38-3/h7-8,12-15,20,27-28,32H,5-6,9-11,16-19,21H2,1-4H3,(H,33,35)/t27-,28+/m1/s1. The average molecular weight is 554 g/mol. The number of nitrogens with zero attached hydrogens (tertiary/aromatic N) is 1. The van der Waals surface area contributed by atoms with Gasteiger partial charge in [0.05, 0.1) is 13.2 Å². The van der Waals surface area contributed by atoms with Crippen LogP contribution in [0, 0.1) is 6.92 Å². The Balaban J connectivity index is 1.86. The Morgan fingerprint density at radius 2 is 1.74 bits per heavy atom. The Bertz CT molecular complexity index is 1120. The highest BCUT2D eigenvalue weighted by Crippen LogP contribution is 2.28. The number of amides is 2. The molecule has 3 rings (SSSR count). The fraction of sp³-hybridized carbons (Fsp3) is 0.516. The molecular weight excluding hydrogens is 510 g/mol. The van der Waals surface area contributed by atoms with Gasteiger partial charge in [-0.2, -0.15) is 11.8 Å². The van der Waals surface area contributed by atoms with Gasteiger partial charge in [0.15, 0.2) is 0 Å². The molecule has 0 aliphatic carbocycles. The monoisotopic (exact) mass is 553 g/mol. The first-order valence-corrected chi connectivity index (χ1v) is 15.4. The highest BCUT2D eigenvalue weighted by molar-refractivity contribution is 7.98. The van der Waals surface area contributed by atoms with Crippen LogP contribution in [0.15, 0.2) is 42.5 Å². The van der Waals surface area contributed by atoms with Crippen molar-refractivity contribution < 1.29 is 19.1 Å². The summed E-state index contributed by atoms with van der Waals surface area (Å²) in [6, 6.07) is 12.8. The first kappa shape index (κ1) is 30.7. The van der Waals surface area contributed by atoms with Crippen LogP contribution in [-0.2, 0) is 20.9 Å². The molecule has 8 heteroatoms. The largest absolute Gasteiger partial charge is 0.467 e. The number of esters is 1. The van der Waals surface area contributed by atoms with Crippen LogP contribution in [0.5, 0.6) is 0 Å². The average Bonchev–Trinajstić information content (AvgIpc) is 2.97. The number of thioether (sulfide) groups is 1. The lowest BCUT2D eigenvalue weighted by atomic mass is 9.93. The van der Waals surface area contributed by atoms with Gasteiger partial charge in [-0.1, -0.05) is 43.7 Å². The van der Waals surface area contributed by atoms with Crippen molar-refractivity contribution in [2.24, 2.45) is 0 Å². The molecule has 0 unspecified atom stereocenters. The molecule has 2 aromatic rings. The zero-order valence-corrected chi connectivity index (χ0v) is 24.6. The van der Waals surface area contributed by atoms with Crippen LogP contribution >= 0.6 is 11.8 Å². The zero-order chi connectivity index (χ0) is 28.2. The van der Waals surface area contributed by atoms with E-state index in [2.05, 4.69) is 17.6 Å². The van der Waals surface area contributed by atoms with Crippen LogP contribution in [0.25, 0.3) is 11.1 Å². The van der Waals surface area contributed by atoms with E-state index >= 15 is 0 Å². The number of benzene rings is 2. The van der Waals surface area contributed by atoms with Crippen LogP contribution in [0.4, 0.5) is 0 Å². The Labute approximate surface area is 237 Å². The number of rotatable bonds is 13. The van der Waals surface area contributed by atoms with Crippen LogP contribution < -0.4 is 10.6 Å². The Hall–Kier alpha value is -2.84. The maximum absolute atomic E-state index is 13.5. The maximum Gasteiger partial charge on any atom is 0.328 e. The fourth-order valence-electron chi connectivity index (χ4n) is 5.04. The number of methoxy groups -OCH3 is 1. The second-order valence-electron chi connectivity index (χ2n) is 10.1. The summed E-state index contributed by atoms with van der Waals surface area (Å²) in [5.74, 6) is 0.153. The molecule has 1 heterocycles. The Morgan fingerprint density at radius 1 is 1.00 bits per heavy atom. The quantitative estimate of drug-likeness (QED) is 0.341. The van der Waals surface area contributed by atoms with Crippen molar-refractivity contribution in [1.29, 1.82) is 0 Å². The van der Waals surface area contributed by atoms with Gasteiger partial charge in [-0.25, -0.2) is 4.79 Å². The lowest BCUT2D eigenvalue weighted by Crippen LogP contribution is -2.48. The molecule has 2 amide bonds. The lowest BCUT2D eigenvalue weighted by molar-refractivity contribution is -0.143. The van der Waals surface area contributed by atoms with E-state index in [-0.39, 0.29) is 17.9 Å². The minimum Gasteiger partial charge on any atom is -0.467 e. The van der Waals surface area contributed by atoms with Gasteiger partial charge in [0.2, 0.25) is 5.91 Å². The van der Waals surface area contributed by atoms with Crippen LogP contribution in [0.3, 0.4) is 0 Å². The number of piperidine rings is 1. The SMILES string of the molecule is CCC[C@@H](NCc1ccc(C(=O)N[C@@H](CCSC)C(=O)OC)c(-c2ccccc2C)c1)C(=O)N1CCCCC1. The second kappa shape index (κ2) is 15.7. The maximum atomic E-state index is 13.5. The summed E-state index contributed by atoms with van der Waals surface area (Å²) in [4.78, 5) is 41.0. The summed E-state index contributed by atoms with van der Waals surface area (Å²) in [5.41, 5.74) is 4.29. The molecule has 1 fully saturated rings. The summed E-state index contributed by atoms with van der Waals surface area (Å²) >= 11 is 1.61. The highest BCUT2D eigenvalue weighted by atomic mass is 32.2. The van der Waals surface area contributed by atoms with Crippen LogP contribution in [0.2, 0.25) is 0 Å². The molecule has 2 aromatic carbocycles. The van der Waals surface area contributed by atoms with E-state index in [1.165, 1.54) is 13.5 Å². The van der Waals surface area contributed by atoms with Gasteiger partial charge >= 0.3 is 5.97 Å². The summed E-state index contributed by atoms with van der Waals surface area (Å²) in [7, 11) is 1.34. The molecule has 7 nitrogen and oxygen atoms in total. The molecule has 1 aliphatic rings. The highest BCUT2D eigenvalue weighted by Gasteiger charge is 2.26. The van der Waals surface area contributed by atoms with E-state index < -0.39 is 12.0 Å². The summed E-state index contributed by atoms with van der Waals surface area (Å²) in [5, 5.41) is 6.39. The summed E-state index contributed by atoms with van der Waals surface area (Å²) in [6.07, 6.45) is 7.49. The molecule has 0 aromatic heterocycles. The molecular formula is C31H43N3O4S. The van der Waals surface area contributed by atoms with Gasteiger partial charge in [-0.3, -0.25) is 9.59 Å². The molecule has 212 valence electrons. The number of aryl methyl sites for hydroxylation is 1. The predicted octanol–water partition coefficient (Wildman–Crippen LogP) is 4.96. The molecule has 0 radical (unpaired) electrons. The second-order valence-corrected chi connectivity index (χ2v) is 11.1. The van der Waals surface area contributed by atoms with Crippen LogP contribution in [0.1, 0.15) is 66.9 Å². The number of carbonyl (C=O) groups is 3. The molecule has 1 saturated heterocycles. The lowest BCUT2D eigenvalue weighted by Gasteiger charge is -2.31. The van der Waals surface area contributed by atoms with Crippen molar-refractivity contribution in [3.63, 3.8) is 0 Å². The van der Waals surface area contributed by atoms with Gasteiger partial charge < -0.3 is 20.3 Å². The summed E-state index contributed by atoms with van der Waals surface area (Å²) in [6.45, 7) is 6.31. The minimum atomic E-state index is -0.711. The minimum absolute atomic E-state index is 0.186. The van der Waals surface area contributed by atoms with Crippen molar-refractivity contribution in [2.45, 2.75) is 71.0 Å². The van der Waals surface area contributed by atoms with Crippen LogP contribution in [-0.4, -0.2) is 67.0 Å². The van der Waals surface area contributed by atoms with Crippen molar-refractivity contribution in [2.75, 3.05) is 32.2 Å². The van der Waals surface area contributed by atoms with Crippen molar-refractivity contribution in [1.82, 2.24) is 15.5 Å².